The third-order valence-electron chi connectivity index (χ3n) is 8.10. The van der Waals surface area contributed by atoms with Crippen LogP contribution in [0.25, 0.3) is 0 Å². The highest BCUT2D eigenvalue weighted by Crippen LogP contribution is 2.12. The monoisotopic (exact) mass is 605 g/mol. The molecule has 0 aromatic carbocycles. The lowest BCUT2D eigenvalue weighted by atomic mass is 10.1. The Bertz CT molecular complexity index is 585. The van der Waals surface area contributed by atoms with Crippen LogP contribution in [0.2, 0.25) is 0 Å². The first kappa shape index (κ1) is 41.4. The molecule has 0 spiro atoms. The summed E-state index contributed by atoms with van der Waals surface area (Å²) in [4.78, 5) is 23.8. The fourth-order valence-electron chi connectivity index (χ4n) is 5.26. The Morgan fingerprint density at radius 2 is 0.651 bits per heavy atom. The van der Waals surface area contributed by atoms with Gasteiger partial charge in [0.2, 0.25) is 0 Å². The summed E-state index contributed by atoms with van der Waals surface area (Å²) in [5.74, 6) is -0.255. The van der Waals surface area contributed by atoms with Gasteiger partial charge < -0.3 is 9.47 Å². The van der Waals surface area contributed by atoms with Crippen molar-refractivity contribution in [1.29, 1.82) is 0 Å². The van der Waals surface area contributed by atoms with Gasteiger partial charge in [-0.25, -0.2) is 0 Å². The van der Waals surface area contributed by atoms with E-state index in [1.54, 1.807) is 0 Å². The summed E-state index contributed by atoms with van der Waals surface area (Å²) in [5, 5.41) is 0. The number of hydrogen-bond acceptors (Lipinski definition) is 4. The highest BCUT2D eigenvalue weighted by atomic mass is 16.5. The third-order valence-corrected chi connectivity index (χ3v) is 8.10. The normalized spacial score (nSPS) is 11.6. The number of ether oxygens (including phenoxy) is 2. The Kier molecular flexibility index (Phi) is 35.3. The second-order valence-corrected chi connectivity index (χ2v) is 12.5. The van der Waals surface area contributed by atoms with E-state index in [9.17, 15) is 9.59 Å². The summed E-state index contributed by atoms with van der Waals surface area (Å²) in [6.07, 6.45) is 43.5. The molecule has 0 aromatic heterocycles. The molecule has 0 saturated carbocycles. The Morgan fingerprint density at radius 3 is 0.977 bits per heavy atom. The van der Waals surface area contributed by atoms with Crippen LogP contribution < -0.4 is 0 Å². The molecule has 4 heteroatoms. The molecule has 0 aliphatic carbocycles. The number of allylic oxidation sites excluding steroid dienone is 4. The van der Waals surface area contributed by atoms with Crippen molar-refractivity contribution in [1.82, 2.24) is 0 Å². The van der Waals surface area contributed by atoms with Crippen LogP contribution in [0.5, 0.6) is 0 Å². The van der Waals surface area contributed by atoms with E-state index in [0.717, 1.165) is 25.7 Å². The van der Waals surface area contributed by atoms with Gasteiger partial charge in [0.25, 0.3) is 0 Å². The standard InChI is InChI=1S/C39H72O4/c1-3-5-7-9-11-13-15-17-19-21-23-25-27-29-31-34-38(40)42-36-33-37-43-39(41)35-32-30-28-26-24-22-20-18-16-14-12-10-8-6-4-2/h17-20H,3-16,21-37H2,1-2H3/b19-17-,20-18-. The minimum Gasteiger partial charge on any atom is -0.466 e. The third kappa shape index (κ3) is 36.5. The Labute approximate surface area is 268 Å². The molecule has 0 radical (unpaired) electrons. The average molecular weight is 605 g/mol. The molecular weight excluding hydrogens is 532 g/mol. The molecule has 0 unspecified atom stereocenters. The first-order valence-electron chi connectivity index (χ1n) is 18.8. The van der Waals surface area contributed by atoms with Gasteiger partial charge in [-0.05, 0) is 64.2 Å². The maximum absolute atomic E-state index is 11.9. The van der Waals surface area contributed by atoms with E-state index in [1.165, 1.54) is 141 Å². The van der Waals surface area contributed by atoms with Gasteiger partial charge in [0, 0.05) is 19.3 Å². The van der Waals surface area contributed by atoms with Gasteiger partial charge in [-0.2, -0.15) is 0 Å². The number of carbonyl (C=O) groups excluding carboxylic acids is 2. The van der Waals surface area contributed by atoms with Gasteiger partial charge >= 0.3 is 11.9 Å². The maximum atomic E-state index is 11.9. The van der Waals surface area contributed by atoms with Crippen molar-refractivity contribution in [2.75, 3.05) is 13.2 Å². The molecule has 0 saturated heterocycles. The smallest absolute Gasteiger partial charge is 0.305 e. The van der Waals surface area contributed by atoms with E-state index in [4.69, 9.17) is 9.47 Å². The average Bonchev–Trinajstić information content (AvgIpc) is 3.00. The minimum absolute atomic E-state index is 0.128. The van der Waals surface area contributed by atoms with E-state index >= 15 is 0 Å². The number of unbranched alkanes of at least 4 members (excludes halogenated alkanes) is 22. The molecular formula is C39H72O4. The summed E-state index contributed by atoms with van der Waals surface area (Å²) in [7, 11) is 0. The number of carbonyl (C=O) groups is 2. The zero-order valence-corrected chi connectivity index (χ0v) is 28.9. The van der Waals surface area contributed by atoms with Gasteiger partial charge in [-0.1, -0.05) is 141 Å². The van der Waals surface area contributed by atoms with Crippen LogP contribution in [0.4, 0.5) is 0 Å². The molecule has 0 atom stereocenters. The molecule has 4 nitrogen and oxygen atoms in total. The Hall–Kier alpha value is -1.58. The molecule has 0 aromatic rings. The van der Waals surface area contributed by atoms with Gasteiger partial charge in [-0.3, -0.25) is 9.59 Å². The zero-order valence-electron chi connectivity index (χ0n) is 28.9. The minimum atomic E-state index is -0.128. The lowest BCUT2D eigenvalue weighted by molar-refractivity contribution is -0.146. The van der Waals surface area contributed by atoms with E-state index in [2.05, 4.69) is 38.2 Å². The summed E-state index contributed by atoms with van der Waals surface area (Å²) in [6, 6.07) is 0. The summed E-state index contributed by atoms with van der Waals surface area (Å²) >= 11 is 0. The Balaban J connectivity index is 3.33. The summed E-state index contributed by atoms with van der Waals surface area (Å²) in [6.45, 7) is 5.21. The highest BCUT2D eigenvalue weighted by molar-refractivity contribution is 5.69. The fourth-order valence-corrected chi connectivity index (χ4v) is 5.26. The topological polar surface area (TPSA) is 52.6 Å². The maximum Gasteiger partial charge on any atom is 0.305 e. The summed E-state index contributed by atoms with van der Waals surface area (Å²) in [5.41, 5.74) is 0. The van der Waals surface area contributed by atoms with Crippen molar-refractivity contribution in [3.05, 3.63) is 24.3 Å². The van der Waals surface area contributed by atoms with Crippen LogP contribution >= 0.6 is 0 Å². The molecule has 0 bridgehead atoms. The van der Waals surface area contributed by atoms with Crippen LogP contribution in [0.3, 0.4) is 0 Å². The van der Waals surface area contributed by atoms with Gasteiger partial charge in [0.05, 0.1) is 13.2 Å². The van der Waals surface area contributed by atoms with Crippen LogP contribution in [0.1, 0.15) is 200 Å². The summed E-state index contributed by atoms with van der Waals surface area (Å²) < 4.78 is 10.6. The molecule has 0 fully saturated rings. The molecule has 0 aliphatic rings. The van der Waals surface area contributed by atoms with Crippen LogP contribution in [0, 0.1) is 0 Å². The van der Waals surface area contributed by atoms with E-state index < -0.39 is 0 Å². The first-order valence-corrected chi connectivity index (χ1v) is 18.8. The van der Waals surface area contributed by atoms with Crippen molar-refractivity contribution < 1.29 is 19.1 Å². The van der Waals surface area contributed by atoms with E-state index in [0.29, 0.717) is 32.5 Å². The molecule has 43 heavy (non-hydrogen) atoms. The highest BCUT2D eigenvalue weighted by Gasteiger charge is 2.05. The van der Waals surface area contributed by atoms with Crippen molar-refractivity contribution in [2.24, 2.45) is 0 Å². The van der Waals surface area contributed by atoms with Gasteiger partial charge in [0.1, 0.15) is 0 Å². The van der Waals surface area contributed by atoms with Crippen molar-refractivity contribution in [3.63, 3.8) is 0 Å². The molecule has 0 aliphatic heterocycles. The molecule has 252 valence electrons. The number of esters is 2. The van der Waals surface area contributed by atoms with Gasteiger partial charge in [0.15, 0.2) is 0 Å². The van der Waals surface area contributed by atoms with Crippen LogP contribution in [0.15, 0.2) is 24.3 Å². The van der Waals surface area contributed by atoms with Gasteiger partial charge in [-0.15, -0.1) is 0 Å². The quantitative estimate of drug-likeness (QED) is 0.0416. The molecule has 0 rings (SSSR count). The second-order valence-electron chi connectivity index (χ2n) is 12.5. The van der Waals surface area contributed by atoms with E-state index in [1.807, 2.05) is 0 Å². The van der Waals surface area contributed by atoms with Crippen LogP contribution in [-0.4, -0.2) is 25.2 Å². The zero-order chi connectivity index (χ0) is 31.3. The van der Waals surface area contributed by atoms with Crippen molar-refractivity contribution in [2.45, 2.75) is 200 Å². The van der Waals surface area contributed by atoms with E-state index in [-0.39, 0.29) is 11.9 Å². The first-order chi connectivity index (χ1) is 21.2. The molecule has 0 amide bonds. The predicted molar refractivity (Wildman–Crippen MR) is 185 cm³/mol. The lowest BCUT2D eigenvalue weighted by Crippen LogP contribution is -2.10. The number of hydrogen-bond donors (Lipinski definition) is 0. The van der Waals surface area contributed by atoms with Crippen molar-refractivity contribution >= 4 is 11.9 Å². The number of rotatable bonds is 34. The lowest BCUT2D eigenvalue weighted by Gasteiger charge is -2.06. The fraction of sp³-hybridized carbons (Fsp3) is 0.846. The van der Waals surface area contributed by atoms with Crippen molar-refractivity contribution in [3.8, 4) is 0 Å². The second kappa shape index (κ2) is 36.6. The Morgan fingerprint density at radius 1 is 0.372 bits per heavy atom. The molecule has 0 heterocycles. The molecule has 0 N–H and O–H groups in total. The SMILES string of the molecule is CCCCCCCC/C=C\CCCCCCCC(=O)OCCCOC(=O)CCCCCCC/C=C\CCCCCCCC. The largest absolute Gasteiger partial charge is 0.466 e. The van der Waals surface area contributed by atoms with Crippen LogP contribution in [-0.2, 0) is 19.1 Å². The predicted octanol–water partition coefficient (Wildman–Crippen LogP) is 12.5.